The third-order valence-electron chi connectivity index (χ3n) is 4.21. The molecule has 0 bridgehead atoms. The molecule has 2 rings (SSSR count). The monoisotopic (exact) mass is 422 g/mol. The standard InChI is InChI=1S/C12H23O14P/c13-1-3-10(7(16)8(17)11(19)24-3)26-12-9(18)6(15)5(14)4(25-12)2-23-27(20,21)22/h3-19H,1-2H2,(H2,20,21,22)/t3-,4-,5-,6+,7-,8-,9-,10-,11-,12-/m1/s1. The Morgan fingerprint density at radius 1 is 0.815 bits per heavy atom. The first-order valence-electron chi connectivity index (χ1n) is 7.82. The van der Waals surface area contributed by atoms with Gasteiger partial charge in [0.25, 0.3) is 0 Å². The van der Waals surface area contributed by atoms with Crippen molar-refractivity contribution in [3.05, 3.63) is 0 Å². The normalized spacial score (nSPS) is 46.4. The molecule has 0 unspecified atom stereocenters. The number of phosphoric acid groups is 1. The lowest BCUT2D eigenvalue weighted by atomic mass is 9.97. The maximum atomic E-state index is 10.8. The van der Waals surface area contributed by atoms with Crippen molar-refractivity contribution < 1.29 is 68.8 Å². The van der Waals surface area contributed by atoms with Crippen LogP contribution in [0.1, 0.15) is 0 Å². The van der Waals surface area contributed by atoms with Crippen LogP contribution in [0.3, 0.4) is 0 Å². The minimum Gasteiger partial charge on any atom is -0.394 e. The molecule has 2 fully saturated rings. The van der Waals surface area contributed by atoms with Crippen LogP contribution in [-0.2, 0) is 23.3 Å². The number of aliphatic hydroxyl groups is 7. The molecule has 0 saturated carbocycles. The van der Waals surface area contributed by atoms with Crippen LogP contribution in [0.4, 0.5) is 0 Å². The van der Waals surface area contributed by atoms with Gasteiger partial charge in [-0.3, -0.25) is 4.52 Å². The van der Waals surface area contributed by atoms with Crippen LogP contribution in [0.15, 0.2) is 0 Å². The molecular formula is C12H23O14P. The van der Waals surface area contributed by atoms with Crippen molar-refractivity contribution >= 4 is 7.82 Å². The molecule has 0 radical (unpaired) electrons. The lowest BCUT2D eigenvalue weighted by Gasteiger charge is -2.45. The molecule has 27 heavy (non-hydrogen) atoms. The van der Waals surface area contributed by atoms with E-state index >= 15 is 0 Å². The van der Waals surface area contributed by atoms with Crippen LogP contribution >= 0.6 is 7.82 Å². The number of phosphoric ester groups is 1. The first-order chi connectivity index (χ1) is 12.5. The largest absolute Gasteiger partial charge is 0.469 e. The quantitative estimate of drug-likeness (QED) is 0.182. The Morgan fingerprint density at radius 2 is 1.44 bits per heavy atom. The summed E-state index contributed by atoms with van der Waals surface area (Å²) in [5, 5.41) is 68.1. The predicted octanol–water partition coefficient (Wildman–Crippen LogP) is -5.28. The minimum atomic E-state index is -4.92. The predicted molar refractivity (Wildman–Crippen MR) is 79.5 cm³/mol. The second-order valence-electron chi connectivity index (χ2n) is 6.13. The molecular weight excluding hydrogens is 399 g/mol. The van der Waals surface area contributed by atoms with Gasteiger partial charge >= 0.3 is 7.82 Å². The van der Waals surface area contributed by atoms with Crippen molar-refractivity contribution in [1.82, 2.24) is 0 Å². The Balaban J connectivity index is 2.11. The van der Waals surface area contributed by atoms with E-state index in [1.165, 1.54) is 0 Å². The van der Waals surface area contributed by atoms with Crippen LogP contribution in [-0.4, -0.2) is 120 Å². The molecule has 0 spiro atoms. The summed E-state index contributed by atoms with van der Waals surface area (Å²) in [7, 11) is -4.92. The second-order valence-corrected chi connectivity index (χ2v) is 7.37. The van der Waals surface area contributed by atoms with Crippen molar-refractivity contribution in [2.24, 2.45) is 0 Å². The lowest BCUT2D eigenvalue weighted by Crippen LogP contribution is -2.64. The van der Waals surface area contributed by atoms with Gasteiger partial charge in [0.15, 0.2) is 12.6 Å². The Bertz CT molecular complexity index is 526. The fourth-order valence-electron chi connectivity index (χ4n) is 2.73. The molecule has 0 amide bonds. The smallest absolute Gasteiger partial charge is 0.394 e. The summed E-state index contributed by atoms with van der Waals surface area (Å²) in [5.74, 6) is 0. The molecule has 10 atom stereocenters. The summed E-state index contributed by atoms with van der Waals surface area (Å²) in [6, 6.07) is 0. The minimum absolute atomic E-state index is 0.760. The van der Waals surface area contributed by atoms with Gasteiger partial charge in [-0.1, -0.05) is 0 Å². The molecule has 0 aromatic heterocycles. The lowest BCUT2D eigenvalue weighted by molar-refractivity contribution is -0.354. The maximum Gasteiger partial charge on any atom is 0.469 e. The van der Waals surface area contributed by atoms with Gasteiger partial charge < -0.3 is 59.7 Å². The van der Waals surface area contributed by atoms with Crippen molar-refractivity contribution in [3.63, 3.8) is 0 Å². The highest BCUT2D eigenvalue weighted by atomic mass is 31.2. The second kappa shape index (κ2) is 9.02. The Kier molecular flexibility index (Phi) is 7.68. The van der Waals surface area contributed by atoms with E-state index in [9.17, 15) is 40.3 Å². The van der Waals surface area contributed by atoms with E-state index in [4.69, 9.17) is 24.0 Å². The number of hydrogen-bond acceptors (Lipinski definition) is 12. The van der Waals surface area contributed by atoms with Crippen LogP contribution in [0.5, 0.6) is 0 Å². The van der Waals surface area contributed by atoms with Crippen LogP contribution in [0, 0.1) is 0 Å². The molecule has 160 valence electrons. The number of hydrogen-bond donors (Lipinski definition) is 9. The first kappa shape index (κ1) is 23.0. The summed E-state index contributed by atoms with van der Waals surface area (Å²) < 4.78 is 30.3. The zero-order chi connectivity index (χ0) is 20.5. The van der Waals surface area contributed by atoms with Crippen molar-refractivity contribution in [3.8, 4) is 0 Å². The zero-order valence-electron chi connectivity index (χ0n) is 13.7. The molecule has 2 aliphatic heterocycles. The highest BCUT2D eigenvalue weighted by Crippen LogP contribution is 2.37. The molecule has 2 saturated heterocycles. The Morgan fingerprint density at radius 3 is 2.00 bits per heavy atom. The maximum absolute atomic E-state index is 10.8. The third-order valence-corrected chi connectivity index (χ3v) is 4.69. The average Bonchev–Trinajstić information content (AvgIpc) is 2.60. The van der Waals surface area contributed by atoms with Gasteiger partial charge in [-0.05, 0) is 0 Å². The molecule has 0 aromatic carbocycles. The van der Waals surface area contributed by atoms with Crippen molar-refractivity contribution in [2.45, 2.75) is 61.4 Å². The molecule has 9 N–H and O–H groups in total. The summed E-state index contributed by atoms with van der Waals surface area (Å²) in [6.45, 7) is -1.63. The van der Waals surface area contributed by atoms with E-state index in [1.807, 2.05) is 0 Å². The van der Waals surface area contributed by atoms with Gasteiger partial charge in [0.05, 0.1) is 13.2 Å². The van der Waals surface area contributed by atoms with E-state index in [0.29, 0.717) is 0 Å². The van der Waals surface area contributed by atoms with Gasteiger partial charge in [-0.15, -0.1) is 0 Å². The first-order valence-corrected chi connectivity index (χ1v) is 9.35. The molecule has 2 heterocycles. The van der Waals surface area contributed by atoms with Crippen LogP contribution in [0.25, 0.3) is 0 Å². The van der Waals surface area contributed by atoms with Gasteiger partial charge in [-0.25, -0.2) is 4.57 Å². The highest BCUT2D eigenvalue weighted by Gasteiger charge is 2.50. The fourth-order valence-corrected chi connectivity index (χ4v) is 3.07. The van der Waals surface area contributed by atoms with Crippen LogP contribution < -0.4 is 0 Å². The molecule has 14 nitrogen and oxygen atoms in total. The Labute approximate surface area is 152 Å². The topological polar surface area (TPSA) is 236 Å². The van der Waals surface area contributed by atoms with Gasteiger partial charge in [-0.2, -0.15) is 0 Å². The van der Waals surface area contributed by atoms with Gasteiger partial charge in [0.1, 0.15) is 48.8 Å². The number of ether oxygens (including phenoxy) is 3. The molecule has 2 aliphatic rings. The van der Waals surface area contributed by atoms with Gasteiger partial charge in [0, 0.05) is 0 Å². The fraction of sp³-hybridized carbons (Fsp3) is 1.00. The van der Waals surface area contributed by atoms with E-state index in [2.05, 4.69) is 4.52 Å². The molecule has 0 aliphatic carbocycles. The zero-order valence-corrected chi connectivity index (χ0v) is 14.6. The summed E-state index contributed by atoms with van der Waals surface area (Å²) >= 11 is 0. The van der Waals surface area contributed by atoms with Crippen molar-refractivity contribution in [2.75, 3.05) is 13.2 Å². The average molecular weight is 422 g/mol. The highest BCUT2D eigenvalue weighted by molar-refractivity contribution is 7.46. The number of rotatable bonds is 6. The summed E-state index contributed by atoms with van der Waals surface area (Å²) in [6.07, 6.45) is -17.1. The Hall–Kier alpha value is -0.290. The number of aliphatic hydroxyl groups excluding tert-OH is 7. The van der Waals surface area contributed by atoms with Gasteiger partial charge in [0.2, 0.25) is 0 Å². The third kappa shape index (κ3) is 5.41. The van der Waals surface area contributed by atoms with E-state index < -0.39 is 82.4 Å². The van der Waals surface area contributed by atoms with E-state index in [-0.39, 0.29) is 0 Å². The summed E-state index contributed by atoms with van der Waals surface area (Å²) in [5.41, 5.74) is 0. The summed E-state index contributed by atoms with van der Waals surface area (Å²) in [4.78, 5) is 17.4. The van der Waals surface area contributed by atoms with E-state index in [0.717, 1.165) is 0 Å². The van der Waals surface area contributed by atoms with E-state index in [1.54, 1.807) is 0 Å². The van der Waals surface area contributed by atoms with Crippen molar-refractivity contribution in [1.29, 1.82) is 0 Å². The van der Waals surface area contributed by atoms with Crippen LogP contribution in [0.2, 0.25) is 0 Å². The SMILES string of the molecule is O=P(O)(O)OC[C@H]1O[C@H](O[C@H]2[C@H](O)[C@@H](O)[C@H](O)O[C@@H]2CO)[C@H](O)[C@@H](O)[C@@H]1O. The molecule has 0 aromatic rings. The molecule has 15 heteroatoms.